The van der Waals surface area contributed by atoms with E-state index in [-0.39, 0.29) is 26.4 Å². The summed E-state index contributed by atoms with van der Waals surface area (Å²) in [7, 11) is 0. The first-order valence-corrected chi connectivity index (χ1v) is 23.8. The summed E-state index contributed by atoms with van der Waals surface area (Å²) in [5.74, 6) is 0. The van der Waals surface area contributed by atoms with Crippen LogP contribution in [0.5, 0.6) is 0 Å². The average molecular weight is 903 g/mol. The molecule has 0 aliphatic carbocycles. The minimum Gasteiger partial charge on any atom is -0.387 e. The number of hydrogen-bond acceptors (Lipinski definition) is 11. The molecule has 3 aliphatic rings. The van der Waals surface area contributed by atoms with Crippen LogP contribution in [0.15, 0.2) is 152 Å². The van der Waals surface area contributed by atoms with Gasteiger partial charge in [-0.25, -0.2) is 0 Å². The highest BCUT2D eigenvalue weighted by Crippen LogP contribution is 2.38. The summed E-state index contributed by atoms with van der Waals surface area (Å²) in [6.45, 7) is 4.13. The molecule has 0 radical (unpaired) electrons. The smallest absolute Gasteiger partial charge is 0.187 e. The van der Waals surface area contributed by atoms with E-state index in [9.17, 15) is 5.11 Å². The summed E-state index contributed by atoms with van der Waals surface area (Å²) in [5.41, 5.74) is 4.80. The first-order chi connectivity index (χ1) is 32.6. The van der Waals surface area contributed by atoms with Crippen LogP contribution in [0.3, 0.4) is 0 Å². The van der Waals surface area contributed by atoms with Gasteiger partial charge in [0.05, 0.1) is 39.6 Å². The van der Waals surface area contributed by atoms with Gasteiger partial charge in [-0.3, -0.25) is 0 Å². The van der Waals surface area contributed by atoms with E-state index < -0.39 is 67.7 Å². The Balaban J connectivity index is 1.11. The predicted molar refractivity (Wildman–Crippen MR) is 249 cm³/mol. The molecule has 0 saturated carbocycles. The topological polar surface area (TPSA) is 113 Å². The van der Waals surface area contributed by atoms with Crippen molar-refractivity contribution in [2.75, 3.05) is 19.8 Å². The van der Waals surface area contributed by atoms with Gasteiger partial charge >= 0.3 is 0 Å². The van der Waals surface area contributed by atoms with E-state index in [2.05, 4.69) is 6.92 Å². The molecule has 5 aromatic carbocycles. The number of ether oxygens (including phenoxy) is 10. The Morgan fingerprint density at radius 2 is 1.02 bits per heavy atom. The third-order valence-electron chi connectivity index (χ3n) is 12.3. The predicted octanol–water partition coefficient (Wildman–Crippen LogP) is 9.65. The van der Waals surface area contributed by atoms with Gasteiger partial charge in [-0.15, -0.1) is 0 Å². The van der Waals surface area contributed by atoms with Crippen molar-refractivity contribution >= 4 is 0 Å². The fourth-order valence-electron chi connectivity index (χ4n) is 8.72. The van der Waals surface area contributed by atoms with Crippen LogP contribution in [0.2, 0.25) is 0 Å². The van der Waals surface area contributed by atoms with Gasteiger partial charge in [-0.2, -0.15) is 0 Å². The van der Waals surface area contributed by atoms with Crippen LogP contribution in [0, 0.1) is 0 Å². The summed E-state index contributed by atoms with van der Waals surface area (Å²) in [6, 6.07) is 49.7. The van der Waals surface area contributed by atoms with Crippen LogP contribution in [0.1, 0.15) is 79.6 Å². The number of rotatable bonds is 24. The van der Waals surface area contributed by atoms with Crippen molar-refractivity contribution in [3.8, 4) is 0 Å². The molecule has 0 bridgehead atoms. The van der Waals surface area contributed by atoms with Gasteiger partial charge in [0.2, 0.25) is 0 Å². The van der Waals surface area contributed by atoms with E-state index in [1.165, 1.54) is 19.3 Å². The molecule has 3 heterocycles. The second kappa shape index (κ2) is 25.7. The molecular weight excluding hydrogens is 837 g/mol. The molecule has 11 heteroatoms. The van der Waals surface area contributed by atoms with Crippen LogP contribution < -0.4 is 0 Å². The molecule has 0 amide bonds. The average Bonchev–Trinajstić information content (AvgIpc) is 3.37. The maximum atomic E-state index is 12.5. The summed E-state index contributed by atoms with van der Waals surface area (Å²) >= 11 is 0. The lowest BCUT2D eigenvalue weighted by atomic mass is 9.95. The Kier molecular flexibility index (Phi) is 18.7. The van der Waals surface area contributed by atoms with Crippen molar-refractivity contribution in [3.63, 3.8) is 0 Å². The third kappa shape index (κ3) is 13.6. The maximum Gasteiger partial charge on any atom is 0.187 e. The third-order valence-corrected chi connectivity index (χ3v) is 12.3. The SMILES string of the molecule is CCCCCCCCO[C@H]1O[C@@H]2COC(c3ccccc3)O[C@H]2[C@H](O)[C@H]1O[C@H]1O[C@H](COCc2ccccc2)[C@@H](OCc2ccccc2)[C@H](OCc2ccccc2)[C@H]1OCc1ccccc1. The Bertz CT molecular complexity index is 2060. The van der Waals surface area contributed by atoms with Gasteiger partial charge < -0.3 is 52.5 Å². The molecule has 11 nitrogen and oxygen atoms in total. The number of aliphatic hydroxyl groups excluding tert-OH is 1. The molecule has 11 atom stereocenters. The van der Waals surface area contributed by atoms with Crippen LogP contribution in [0.25, 0.3) is 0 Å². The standard InChI is InChI=1S/C55H66O11/c1-2-3-4-5-6-22-33-58-54-50(47(56)48-46(63-54)39-62-53(65-48)44-31-20-11-21-32-44)66-55-52(61-37-43-29-18-10-19-30-43)51(60-36-42-27-16-9-17-28-42)49(59-35-41-25-14-8-15-26-41)45(64-55)38-57-34-40-23-12-7-13-24-40/h7-21,23-32,45-56H,2-6,22,33-39H2,1H3/t45-,46-,47+,48-,49-,50-,51+,52-,53?,54+,55-/m1/s1. The number of aliphatic hydroxyl groups is 1. The lowest BCUT2D eigenvalue weighted by Crippen LogP contribution is -2.66. The molecule has 352 valence electrons. The minimum absolute atomic E-state index is 0.149. The normalized spacial score (nSPS) is 27.6. The number of unbranched alkanes of at least 4 members (excludes halogenated alkanes) is 5. The first-order valence-electron chi connectivity index (χ1n) is 23.8. The first kappa shape index (κ1) is 48.1. The van der Waals surface area contributed by atoms with Crippen LogP contribution >= 0.6 is 0 Å². The maximum absolute atomic E-state index is 12.5. The second-order valence-electron chi connectivity index (χ2n) is 17.3. The van der Waals surface area contributed by atoms with E-state index in [0.717, 1.165) is 47.1 Å². The second-order valence-corrected chi connectivity index (χ2v) is 17.3. The summed E-state index contributed by atoms with van der Waals surface area (Å²) < 4.78 is 67.2. The molecule has 1 unspecified atom stereocenters. The molecule has 3 fully saturated rings. The highest BCUT2D eigenvalue weighted by molar-refractivity contribution is 5.18. The van der Waals surface area contributed by atoms with Crippen LogP contribution in [-0.4, -0.2) is 86.3 Å². The van der Waals surface area contributed by atoms with E-state index in [0.29, 0.717) is 19.8 Å². The lowest BCUT2D eigenvalue weighted by Gasteiger charge is -2.50. The van der Waals surface area contributed by atoms with Crippen LogP contribution in [-0.2, 0) is 73.8 Å². The van der Waals surface area contributed by atoms with Gasteiger partial charge in [0.15, 0.2) is 18.9 Å². The molecule has 0 aromatic heterocycles. The number of fused-ring (bicyclic) bond motifs is 1. The fraction of sp³-hybridized carbons (Fsp3) is 0.455. The van der Waals surface area contributed by atoms with Crippen molar-refractivity contribution in [3.05, 3.63) is 179 Å². The zero-order chi connectivity index (χ0) is 45.2. The lowest BCUT2D eigenvalue weighted by molar-refractivity contribution is -0.398. The Labute approximate surface area is 390 Å². The van der Waals surface area contributed by atoms with Gasteiger partial charge in [0.25, 0.3) is 0 Å². The van der Waals surface area contributed by atoms with Crippen molar-refractivity contribution in [1.82, 2.24) is 0 Å². The van der Waals surface area contributed by atoms with Crippen molar-refractivity contribution in [2.45, 2.75) is 140 Å². The van der Waals surface area contributed by atoms with Gasteiger partial charge in [0, 0.05) is 12.2 Å². The molecule has 8 rings (SSSR count). The zero-order valence-electron chi connectivity index (χ0n) is 38.0. The number of benzene rings is 5. The molecule has 1 N–H and O–H groups in total. The molecule has 3 saturated heterocycles. The molecular formula is C55H66O11. The van der Waals surface area contributed by atoms with Crippen molar-refractivity contribution < 1.29 is 52.5 Å². The quantitative estimate of drug-likeness (QED) is 0.0598. The highest BCUT2D eigenvalue weighted by Gasteiger charge is 2.55. The van der Waals surface area contributed by atoms with Gasteiger partial charge in [-0.05, 0) is 28.7 Å². The van der Waals surface area contributed by atoms with Crippen molar-refractivity contribution in [2.24, 2.45) is 0 Å². The zero-order valence-corrected chi connectivity index (χ0v) is 38.0. The number of hydrogen-bond donors (Lipinski definition) is 1. The molecule has 0 spiro atoms. The van der Waals surface area contributed by atoms with E-state index in [4.69, 9.17) is 47.4 Å². The molecule has 3 aliphatic heterocycles. The van der Waals surface area contributed by atoms with E-state index in [1.807, 2.05) is 152 Å². The van der Waals surface area contributed by atoms with Gasteiger partial charge in [-0.1, -0.05) is 191 Å². The monoisotopic (exact) mass is 902 g/mol. The molecule has 5 aromatic rings. The summed E-state index contributed by atoms with van der Waals surface area (Å²) in [5, 5.41) is 12.5. The minimum atomic E-state index is -1.20. The summed E-state index contributed by atoms with van der Waals surface area (Å²) in [6.07, 6.45) is -2.86. The van der Waals surface area contributed by atoms with E-state index >= 15 is 0 Å². The Morgan fingerprint density at radius 3 is 1.61 bits per heavy atom. The fourth-order valence-corrected chi connectivity index (χ4v) is 8.72. The van der Waals surface area contributed by atoms with Crippen LogP contribution in [0.4, 0.5) is 0 Å². The summed E-state index contributed by atoms with van der Waals surface area (Å²) in [4.78, 5) is 0. The van der Waals surface area contributed by atoms with Gasteiger partial charge in [0.1, 0.15) is 48.8 Å². The highest BCUT2D eigenvalue weighted by atomic mass is 16.8. The van der Waals surface area contributed by atoms with E-state index in [1.54, 1.807) is 0 Å². The largest absolute Gasteiger partial charge is 0.387 e. The Hall–Kier alpha value is -4.34. The van der Waals surface area contributed by atoms with Crippen molar-refractivity contribution in [1.29, 1.82) is 0 Å². The Morgan fingerprint density at radius 1 is 0.500 bits per heavy atom. The molecule has 66 heavy (non-hydrogen) atoms.